The van der Waals surface area contributed by atoms with Gasteiger partial charge in [0.25, 0.3) is 0 Å². The van der Waals surface area contributed by atoms with Crippen LogP contribution in [0.3, 0.4) is 0 Å². The highest BCUT2D eigenvalue weighted by Crippen LogP contribution is 2.29. The van der Waals surface area contributed by atoms with Gasteiger partial charge in [0, 0.05) is 16.7 Å². The summed E-state index contributed by atoms with van der Waals surface area (Å²) in [7, 11) is 0. The van der Waals surface area contributed by atoms with Crippen molar-refractivity contribution < 1.29 is 72.0 Å². The Labute approximate surface area is 229 Å². The Hall–Kier alpha value is -3.34. The molecule has 3 aromatic rings. The van der Waals surface area contributed by atoms with Crippen LogP contribution in [0.15, 0.2) is 0 Å². The molecule has 0 unspecified atom stereocenters. The second-order valence-electron chi connectivity index (χ2n) is 8.86. The first-order valence-corrected chi connectivity index (χ1v) is 11.5. The first-order valence-electron chi connectivity index (χ1n) is 11.5. The number of hydrogen-bond acceptors (Lipinski definition) is 4. The molecule has 230 valence electrons. The molecule has 0 aliphatic rings. The van der Waals surface area contributed by atoms with Crippen molar-refractivity contribution in [2.24, 2.45) is 0 Å². The molecule has 1 N–H and O–H groups in total. The van der Waals surface area contributed by atoms with Crippen LogP contribution in [0.4, 0.5) is 52.7 Å². The summed E-state index contributed by atoms with van der Waals surface area (Å²) in [6, 6.07) is 0. The predicted octanol–water partition coefficient (Wildman–Crippen LogP) is 6.88. The van der Waals surface area contributed by atoms with E-state index in [1.54, 1.807) is 0 Å². The van der Waals surface area contributed by atoms with E-state index in [1.165, 1.54) is 0 Å². The van der Waals surface area contributed by atoms with E-state index in [1.807, 2.05) is 0 Å². The van der Waals surface area contributed by atoms with E-state index in [0.29, 0.717) is 20.8 Å². The fraction of sp³-hybridized carbons (Fsp3) is 0.308. The lowest BCUT2D eigenvalue weighted by Gasteiger charge is -2.28. The summed E-state index contributed by atoms with van der Waals surface area (Å²) in [6.45, 7) is -4.07. The van der Waals surface area contributed by atoms with E-state index >= 15 is 0 Å². The lowest BCUT2D eigenvalue weighted by molar-refractivity contribution is -0.386. The highest BCUT2D eigenvalue weighted by Gasteiger charge is 2.35. The van der Waals surface area contributed by atoms with Crippen molar-refractivity contribution in [3.05, 3.63) is 103 Å². The number of ether oxygens (including phenoxy) is 3. The lowest BCUT2D eigenvalue weighted by Crippen LogP contribution is -2.41. The van der Waals surface area contributed by atoms with Crippen molar-refractivity contribution in [1.82, 2.24) is 0 Å². The minimum atomic E-state index is -3.51. The van der Waals surface area contributed by atoms with E-state index in [4.69, 9.17) is 14.2 Å². The second kappa shape index (κ2) is 12.5. The van der Waals surface area contributed by atoms with Crippen molar-refractivity contribution >= 4 is 0 Å². The Balaban J connectivity index is 1.94. The fourth-order valence-corrected chi connectivity index (χ4v) is 3.52. The van der Waals surface area contributed by atoms with Crippen LogP contribution in [0.2, 0.25) is 0 Å². The number of aliphatic hydroxyl groups is 1. The summed E-state index contributed by atoms with van der Waals surface area (Å²) in [5, 5.41) is 10.7. The molecule has 0 spiro atoms. The summed E-state index contributed by atoms with van der Waals surface area (Å²) >= 11 is 0. The van der Waals surface area contributed by atoms with Gasteiger partial charge in [0.1, 0.15) is 6.61 Å². The third-order valence-corrected chi connectivity index (χ3v) is 6.14. The van der Waals surface area contributed by atoms with Crippen molar-refractivity contribution in [3.63, 3.8) is 0 Å². The van der Waals surface area contributed by atoms with E-state index in [2.05, 4.69) is 0 Å². The van der Waals surface area contributed by atoms with Gasteiger partial charge in [0.05, 0.1) is 36.5 Å². The molecule has 0 saturated carbocycles. The topological polar surface area (TPSA) is 47.9 Å². The molecule has 3 rings (SSSR count). The van der Waals surface area contributed by atoms with Gasteiger partial charge in [-0.2, -0.15) is 0 Å². The molecule has 0 fully saturated rings. The number of halogens is 12. The Kier molecular flexibility index (Phi) is 9.86. The Morgan fingerprint density at radius 2 is 0.667 bits per heavy atom. The molecule has 0 atom stereocenters. The normalized spacial score (nSPS) is 12.0. The second-order valence-corrected chi connectivity index (χ2v) is 8.86. The average molecular weight is 622 g/mol. The maximum absolute atomic E-state index is 14.3. The molecule has 0 aliphatic carbocycles. The zero-order valence-electron chi connectivity index (χ0n) is 21.5. The van der Waals surface area contributed by atoms with Crippen molar-refractivity contribution in [2.45, 2.75) is 46.6 Å². The zero-order chi connectivity index (χ0) is 31.8. The summed E-state index contributed by atoms with van der Waals surface area (Å²) in [5.74, 6) is -26.4. The smallest absolute Gasteiger partial charge is 0.305 e. The maximum Gasteiger partial charge on any atom is 0.305 e. The highest BCUT2D eigenvalue weighted by atomic mass is 19.2. The van der Waals surface area contributed by atoms with Gasteiger partial charge in [-0.1, -0.05) is 0 Å². The SMILES string of the molecule is Cc1c(F)c(F)c(COCC(O)(OCc2c(F)c(F)c(C)c(F)c2F)OCc2c(F)c(F)c(C)c(F)c2F)c(F)c1F. The quantitative estimate of drug-likeness (QED) is 0.152. The van der Waals surface area contributed by atoms with Crippen LogP contribution < -0.4 is 0 Å². The molecule has 0 radical (unpaired) electrons. The van der Waals surface area contributed by atoms with Crippen molar-refractivity contribution in [2.75, 3.05) is 6.61 Å². The van der Waals surface area contributed by atoms with Gasteiger partial charge in [-0.25, -0.2) is 52.7 Å². The van der Waals surface area contributed by atoms with Crippen LogP contribution in [0.5, 0.6) is 0 Å². The molecular weight excluding hydrogens is 604 g/mol. The molecule has 0 saturated heterocycles. The van der Waals surface area contributed by atoms with E-state index in [9.17, 15) is 57.8 Å². The standard InChI is InChI=1S/C26H18F12O4/c1-8-14(27)20(33)11(21(34)15(8)28)4-40-7-26(39,41-5-12-22(35)16(29)9(2)17(30)23(12)36)42-6-13-24(37)18(31)10(3)19(32)25(13)38/h39H,4-7H2,1-3H3. The first-order chi connectivity index (χ1) is 19.4. The molecule has 0 bridgehead atoms. The number of benzene rings is 3. The van der Waals surface area contributed by atoms with Crippen molar-refractivity contribution in [3.8, 4) is 0 Å². The van der Waals surface area contributed by atoms with Crippen LogP contribution in [0.1, 0.15) is 33.4 Å². The molecular formula is C26H18F12O4. The van der Waals surface area contributed by atoms with Gasteiger partial charge in [-0.3, -0.25) is 0 Å². The van der Waals surface area contributed by atoms with Crippen LogP contribution in [-0.2, 0) is 34.0 Å². The Morgan fingerprint density at radius 1 is 0.429 bits per heavy atom. The molecule has 3 aromatic carbocycles. The van der Waals surface area contributed by atoms with Crippen LogP contribution in [0, 0.1) is 90.6 Å². The largest absolute Gasteiger partial charge is 0.368 e. The molecule has 0 amide bonds. The summed E-state index contributed by atoms with van der Waals surface area (Å²) in [6.07, 6.45) is 0. The number of hydrogen-bond donors (Lipinski definition) is 1. The molecule has 42 heavy (non-hydrogen) atoms. The van der Waals surface area contributed by atoms with Gasteiger partial charge in [0.15, 0.2) is 69.8 Å². The minimum Gasteiger partial charge on any atom is -0.368 e. The molecule has 0 aliphatic heterocycles. The van der Waals surface area contributed by atoms with Crippen LogP contribution in [-0.4, -0.2) is 17.7 Å². The summed E-state index contributed by atoms with van der Waals surface area (Å²) in [5.41, 5.74) is -7.50. The Bertz CT molecular complexity index is 1380. The van der Waals surface area contributed by atoms with Crippen LogP contribution in [0.25, 0.3) is 0 Å². The number of rotatable bonds is 10. The van der Waals surface area contributed by atoms with Gasteiger partial charge in [0.2, 0.25) is 0 Å². The van der Waals surface area contributed by atoms with E-state index in [-0.39, 0.29) is 0 Å². The highest BCUT2D eigenvalue weighted by molar-refractivity contribution is 5.30. The first kappa shape index (κ1) is 33.2. The molecule has 16 heteroatoms. The van der Waals surface area contributed by atoms with Gasteiger partial charge in [-0.15, -0.1) is 0 Å². The monoisotopic (exact) mass is 622 g/mol. The van der Waals surface area contributed by atoms with Crippen LogP contribution >= 0.6 is 0 Å². The van der Waals surface area contributed by atoms with E-state index < -0.39 is 136 Å². The maximum atomic E-state index is 14.3. The van der Waals surface area contributed by atoms with Gasteiger partial charge in [-0.05, 0) is 20.8 Å². The fourth-order valence-electron chi connectivity index (χ4n) is 3.52. The summed E-state index contributed by atoms with van der Waals surface area (Å²) in [4.78, 5) is 0. The Morgan fingerprint density at radius 3 is 0.929 bits per heavy atom. The third kappa shape index (κ3) is 6.07. The van der Waals surface area contributed by atoms with E-state index in [0.717, 1.165) is 0 Å². The predicted molar refractivity (Wildman–Crippen MR) is 117 cm³/mol. The lowest BCUT2D eigenvalue weighted by atomic mass is 10.1. The molecule has 0 heterocycles. The average Bonchev–Trinajstić information content (AvgIpc) is 2.96. The zero-order valence-corrected chi connectivity index (χ0v) is 21.5. The summed E-state index contributed by atoms with van der Waals surface area (Å²) < 4.78 is 183. The molecule has 4 nitrogen and oxygen atoms in total. The van der Waals surface area contributed by atoms with Gasteiger partial charge < -0.3 is 19.3 Å². The molecule has 0 aromatic heterocycles. The van der Waals surface area contributed by atoms with Gasteiger partial charge >= 0.3 is 5.97 Å². The minimum absolute atomic E-state index is 0.687. The third-order valence-electron chi connectivity index (χ3n) is 6.14. The van der Waals surface area contributed by atoms with Crippen molar-refractivity contribution in [1.29, 1.82) is 0 Å².